The Morgan fingerprint density at radius 3 is 2.11 bits per heavy atom. The lowest BCUT2D eigenvalue weighted by Crippen LogP contribution is -2.11. The van der Waals surface area contributed by atoms with Gasteiger partial charge in [-0.25, -0.2) is 0 Å². The summed E-state index contributed by atoms with van der Waals surface area (Å²) in [5.41, 5.74) is 6.18. The second-order valence-electron chi connectivity index (χ2n) is 8.64. The molecule has 0 radical (unpaired) electrons. The smallest absolute Gasteiger partial charge is 0.122 e. The third-order valence-corrected chi connectivity index (χ3v) is 6.62. The SMILES string of the molecule is COc1cccc(CC(Cc2ccccc2OC)c2ccc(OC)cc2Cc2ccc(Cl)cc2)c1. The fraction of sp³-hybridized carbons (Fsp3) is 0.226. The Labute approximate surface area is 213 Å². The Morgan fingerprint density at radius 2 is 1.37 bits per heavy atom. The third kappa shape index (κ3) is 6.37. The molecule has 0 aliphatic carbocycles. The summed E-state index contributed by atoms with van der Waals surface area (Å²) in [5.74, 6) is 2.87. The molecule has 0 amide bonds. The Balaban J connectivity index is 1.76. The maximum Gasteiger partial charge on any atom is 0.122 e. The molecule has 4 heteroatoms. The summed E-state index contributed by atoms with van der Waals surface area (Å²) in [7, 11) is 5.15. The number of methoxy groups -OCH3 is 3. The Bertz CT molecular complexity index is 1250. The predicted molar refractivity (Wildman–Crippen MR) is 143 cm³/mol. The fourth-order valence-corrected chi connectivity index (χ4v) is 4.72. The molecule has 4 rings (SSSR count). The monoisotopic (exact) mass is 486 g/mol. The van der Waals surface area contributed by atoms with Crippen molar-refractivity contribution in [2.24, 2.45) is 0 Å². The van der Waals surface area contributed by atoms with Crippen LogP contribution in [0.25, 0.3) is 0 Å². The van der Waals surface area contributed by atoms with Gasteiger partial charge in [0.05, 0.1) is 21.3 Å². The summed E-state index contributed by atoms with van der Waals surface area (Å²) in [6, 6.07) is 31.1. The van der Waals surface area contributed by atoms with Crippen molar-refractivity contribution in [1.82, 2.24) is 0 Å². The molecule has 180 valence electrons. The van der Waals surface area contributed by atoms with Crippen LogP contribution in [0.1, 0.15) is 33.7 Å². The first kappa shape index (κ1) is 24.7. The van der Waals surface area contributed by atoms with Gasteiger partial charge in [0, 0.05) is 5.02 Å². The molecule has 0 bridgehead atoms. The topological polar surface area (TPSA) is 27.7 Å². The maximum atomic E-state index is 6.14. The molecule has 0 aliphatic rings. The highest BCUT2D eigenvalue weighted by atomic mass is 35.5. The van der Waals surface area contributed by atoms with Crippen LogP contribution in [0.4, 0.5) is 0 Å². The average molecular weight is 487 g/mol. The fourth-order valence-electron chi connectivity index (χ4n) is 4.60. The summed E-state index contributed by atoms with van der Waals surface area (Å²) in [6.45, 7) is 0. The summed E-state index contributed by atoms with van der Waals surface area (Å²) < 4.78 is 16.8. The van der Waals surface area contributed by atoms with Crippen LogP contribution >= 0.6 is 11.6 Å². The second kappa shape index (κ2) is 11.8. The molecule has 0 heterocycles. The van der Waals surface area contributed by atoms with Crippen LogP contribution in [0.15, 0.2) is 91.0 Å². The molecule has 0 aliphatic heterocycles. The lowest BCUT2D eigenvalue weighted by Gasteiger charge is -2.23. The largest absolute Gasteiger partial charge is 0.497 e. The van der Waals surface area contributed by atoms with Crippen molar-refractivity contribution in [3.8, 4) is 17.2 Å². The first-order valence-electron chi connectivity index (χ1n) is 11.8. The van der Waals surface area contributed by atoms with Crippen molar-refractivity contribution in [3.63, 3.8) is 0 Å². The van der Waals surface area contributed by atoms with E-state index in [1.807, 2.05) is 30.3 Å². The van der Waals surface area contributed by atoms with E-state index in [0.29, 0.717) is 0 Å². The van der Waals surface area contributed by atoms with Crippen molar-refractivity contribution >= 4 is 11.6 Å². The molecule has 0 fully saturated rings. The molecular formula is C31H31ClO3. The number of benzene rings is 4. The van der Waals surface area contributed by atoms with Gasteiger partial charge in [0.25, 0.3) is 0 Å². The minimum absolute atomic E-state index is 0.228. The van der Waals surface area contributed by atoms with Crippen LogP contribution < -0.4 is 14.2 Å². The molecule has 1 atom stereocenters. The standard InChI is InChI=1S/C31H31ClO3/c1-33-28-9-6-7-23(19-28)18-25(20-24-8-4-5-10-31(24)35-3)30-16-15-29(34-2)21-26(30)17-22-11-13-27(32)14-12-22/h4-16,19,21,25H,17-18,20H2,1-3H3. The van der Waals surface area contributed by atoms with Gasteiger partial charge in [-0.15, -0.1) is 0 Å². The molecule has 0 spiro atoms. The number of hydrogen-bond donors (Lipinski definition) is 0. The highest BCUT2D eigenvalue weighted by Gasteiger charge is 2.20. The van der Waals surface area contributed by atoms with Gasteiger partial charge in [-0.05, 0) is 95.5 Å². The van der Waals surface area contributed by atoms with E-state index >= 15 is 0 Å². The minimum Gasteiger partial charge on any atom is -0.497 e. The van der Waals surface area contributed by atoms with Crippen molar-refractivity contribution in [2.75, 3.05) is 21.3 Å². The van der Waals surface area contributed by atoms with E-state index in [9.17, 15) is 0 Å². The normalized spacial score (nSPS) is 11.7. The van der Waals surface area contributed by atoms with Crippen molar-refractivity contribution in [2.45, 2.75) is 25.2 Å². The summed E-state index contributed by atoms with van der Waals surface area (Å²) >= 11 is 6.14. The Morgan fingerprint density at radius 1 is 0.629 bits per heavy atom. The van der Waals surface area contributed by atoms with E-state index in [-0.39, 0.29) is 5.92 Å². The molecule has 0 N–H and O–H groups in total. The van der Waals surface area contributed by atoms with Crippen molar-refractivity contribution in [3.05, 3.63) is 124 Å². The predicted octanol–water partition coefficient (Wildman–Crippen LogP) is 7.53. The summed E-state index contributed by atoms with van der Waals surface area (Å²) in [6.07, 6.45) is 2.51. The quantitative estimate of drug-likeness (QED) is 0.232. The van der Waals surface area contributed by atoms with Crippen LogP contribution in [0.5, 0.6) is 17.2 Å². The number of ether oxygens (including phenoxy) is 3. The number of hydrogen-bond acceptors (Lipinski definition) is 3. The van der Waals surface area contributed by atoms with E-state index < -0.39 is 0 Å². The van der Waals surface area contributed by atoms with E-state index in [1.54, 1.807) is 21.3 Å². The van der Waals surface area contributed by atoms with Crippen LogP contribution in [0, 0.1) is 0 Å². The van der Waals surface area contributed by atoms with Crippen molar-refractivity contribution < 1.29 is 14.2 Å². The molecule has 4 aromatic rings. The van der Waals surface area contributed by atoms with Crippen LogP contribution in [-0.2, 0) is 19.3 Å². The van der Waals surface area contributed by atoms with Crippen molar-refractivity contribution in [1.29, 1.82) is 0 Å². The molecule has 35 heavy (non-hydrogen) atoms. The number of halogens is 1. The van der Waals surface area contributed by atoms with E-state index in [1.165, 1.54) is 27.8 Å². The van der Waals surface area contributed by atoms with Gasteiger partial charge in [-0.2, -0.15) is 0 Å². The zero-order chi connectivity index (χ0) is 24.6. The molecule has 1 unspecified atom stereocenters. The Hall–Kier alpha value is -3.43. The average Bonchev–Trinajstić information content (AvgIpc) is 2.90. The van der Waals surface area contributed by atoms with Gasteiger partial charge in [0.15, 0.2) is 0 Å². The minimum atomic E-state index is 0.228. The van der Waals surface area contributed by atoms with Gasteiger partial charge in [-0.1, -0.05) is 60.1 Å². The molecule has 0 saturated heterocycles. The molecule has 0 aromatic heterocycles. The number of para-hydroxylation sites is 1. The van der Waals surface area contributed by atoms with Crippen LogP contribution in [0.2, 0.25) is 5.02 Å². The lowest BCUT2D eigenvalue weighted by molar-refractivity contribution is 0.407. The molecular weight excluding hydrogens is 456 g/mol. The first-order chi connectivity index (χ1) is 17.1. The second-order valence-corrected chi connectivity index (χ2v) is 9.07. The van der Waals surface area contributed by atoms with Crippen LogP contribution in [-0.4, -0.2) is 21.3 Å². The lowest BCUT2D eigenvalue weighted by atomic mass is 9.82. The van der Waals surface area contributed by atoms with E-state index in [0.717, 1.165) is 41.5 Å². The van der Waals surface area contributed by atoms with E-state index in [4.69, 9.17) is 25.8 Å². The molecule has 0 saturated carbocycles. The zero-order valence-corrected chi connectivity index (χ0v) is 21.2. The van der Waals surface area contributed by atoms with E-state index in [2.05, 4.69) is 60.7 Å². The van der Waals surface area contributed by atoms with Gasteiger partial charge in [0.2, 0.25) is 0 Å². The Kier molecular flexibility index (Phi) is 8.33. The maximum absolute atomic E-state index is 6.14. The molecule has 4 aromatic carbocycles. The highest BCUT2D eigenvalue weighted by Crippen LogP contribution is 2.34. The van der Waals surface area contributed by atoms with Gasteiger partial charge in [0.1, 0.15) is 17.2 Å². The zero-order valence-electron chi connectivity index (χ0n) is 20.5. The van der Waals surface area contributed by atoms with Gasteiger partial charge >= 0.3 is 0 Å². The first-order valence-corrected chi connectivity index (χ1v) is 12.1. The van der Waals surface area contributed by atoms with Gasteiger partial charge < -0.3 is 14.2 Å². The summed E-state index contributed by atoms with van der Waals surface area (Å²) in [5, 5.41) is 0.742. The number of rotatable bonds is 10. The van der Waals surface area contributed by atoms with Gasteiger partial charge in [-0.3, -0.25) is 0 Å². The third-order valence-electron chi connectivity index (χ3n) is 6.37. The van der Waals surface area contributed by atoms with Crippen LogP contribution in [0.3, 0.4) is 0 Å². The summed E-state index contributed by atoms with van der Waals surface area (Å²) in [4.78, 5) is 0. The highest BCUT2D eigenvalue weighted by molar-refractivity contribution is 6.30. The molecule has 3 nitrogen and oxygen atoms in total.